The third-order valence-corrected chi connectivity index (χ3v) is 5.01. The third-order valence-electron chi connectivity index (χ3n) is 5.01. The highest BCUT2D eigenvalue weighted by atomic mass is 16.5. The van der Waals surface area contributed by atoms with Crippen LogP contribution < -0.4 is 10.1 Å². The molecule has 0 atom stereocenters. The number of hydrogen-bond acceptors (Lipinski definition) is 3. The maximum Gasteiger partial charge on any atom is 0.240 e. The molecule has 2 aliphatic rings. The van der Waals surface area contributed by atoms with E-state index < -0.39 is 0 Å². The first-order valence-electron chi connectivity index (χ1n) is 8.86. The number of rotatable bonds is 5. The van der Waals surface area contributed by atoms with Gasteiger partial charge in [-0.25, -0.2) is 0 Å². The molecule has 0 radical (unpaired) electrons. The molecule has 0 spiro atoms. The molecule has 1 aliphatic carbocycles. The minimum atomic E-state index is -0.280. The van der Waals surface area contributed by atoms with Crippen LogP contribution in [0.3, 0.4) is 0 Å². The van der Waals surface area contributed by atoms with E-state index in [-0.39, 0.29) is 23.9 Å². The Kier molecular flexibility index (Phi) is 5.07. The lowest BCUT2D eigenvalue weighted by Gasteiger charge is -2.26. The second-order valence-corrected chi connectivity index (χ2v) is 6.84. The van der Waals surface area contributed by atoms with Crippen LogP contribution >= 0.6 is 0 Å². The van der Waals surface area contributed by atoms with Gasteiger partial charge in [0, 0.05) is 13.0 Å². The summed E-state index contributed by atoms with van der Waals surface area (Å²) in [5, 5.41) is 3.15. The molecule has 0 unspecified atom stereocenters. The van der Waals surface area contributed by atoms with Gasteiger partial charge in [0.15, 0.2) is 0 Å². The summed E-state index contributed by atoms with van der Waals surface area (Å²) in [6.07, 6.45) is 6.60. The molecular weight excluding hydrogens is 304 g/mol. The van der Waals surface area contributed by atoms with Gasteiger partial charge >= 0.3 is 0 Å². The smallest absolute Gasteiger partial charge is 0.240 e. The summed E-state index contributed by atoms with van der Waals surface area (Å²) < 4.78 is 5.28. The summed E-state index contributed by atoms with van der Waals surface area (Å²) in [4.78, 5) is 26.4. The first-order chi connectivity index (χ1) is 11.6. The Morgan fingerprint density at radius 2 is 2.04 bits per heavy atom. The van der Waals surface area contributed by atoms with Gasteiger partial charge in [0.1, 0.15) is 5.75 Å². The van der Waals surface area contributed by atoms with Crippen LogP contribution in [0.5, 0.6) is 5.75 Å². The molecule has 1 saturated heterocycles. The Morgan fingerprint density at radius 3 is 2.79 bits per heavy atom. The molecule has 1 aliphatic heterocycles. The number of likely N-dealkylation sites (tertiary alicyclic amines) is 1. The summed E-state index contributed by atoms with van der Waals surface area (Å²) in [5.74, 6) is 0.840. The van der Waals surface area contributed by atoms with E-state index in [1.807, 2.05) is 24.3 Å². The lowest BCUT2D eigenvalue weighted by molar-refractivity contribution is -0.137. The highest BCUT2D eigenvalue weighted by molar-refractivity contribution is 5.85. The molecule has 1 aromatic carbocycles. The lowest BCUT2D eigenvalue weighted by Crippen LogP contribution is -2.45. The summed E-state index contributed by atoms with van der Waals surface area (Å²) >= 11 is 0. The second kappa shape index (κ2) is 7.24. The van der Waals surface area contributed by atoms with Crippen LogP contribution in [-0.4, -0.2) is 36.9 Å². The normalized spacial score (nSPS) is 20.0. The molecule has 24 heavy (non-hydrogen) atoms. The summed E-state index contributed by atoms with van der Waals surface area (Å²) in [5.41, 5.74) is 0.798. The number of nitrogens with one attached hydrogen (secondary N) is 1. The molecule has 1 saturated carbocycles. The Morgan fingerprint density at radius 1 is 1.25 bits per heavy atom. The van der Waals surface area contributed by atoms with Crippen LogP contribution in [0.4, 0.5) is 0 Å². The average molecular weight is 330 g/mol. The number of methoxy groups -OCH3 is 1. The van der Waals surface area contributed by atoms with Gasteiger partial charge in [0.25, 0.3) is 0 Å². The molecule has 5 nitrogen and oxygen atoms in total. The van der Waals surface area contributed by atoms with Crippen molar-refractivity contribution in [1.29, 1.82) is 0 Å². The average Bonchev–Trinajstić information content (AvgIpc) is 3.35. The molecular formula is C19H26N2O3. The van der Waals surface area contributed by atoms with Crippen molar-refractivity contribution < 1.29 is 14.3 Å². The molecule has 1 heterocycles. The van der Waals surface area contributed by atoms with Crippen molar-refractivity contribution in [3.8, 4) is 5.75 Å². The first-order valence-corrected chi connectivity index (χ1v) is 8.86. The van der Waals surface area contributed by atoms with E-state index in [4.69, 9.17) is 4.74 Å². The highest BCUT2D eigenvalue weighted by Crippen LogP contribution is 2.46. The van der Waals surface area contributed by atoms with Crippen molar-refractivity contribution in [2.24, 2.45) is 0 Å². The monoisotopic (exact) mass is 330 g/mol. The van der Waals surface area contributed by atoms with Gasteiger partial charge < -0.3 is 15.0 Å². The number of benzene rings is 1. The van der Waals surface area contributed by atoms with Gasteiger partial charge in [-0.05, 0) is 43.4 Å². The minimum absolute atomic E-state index is 0.0655. The SMILES string of the molecule is COc1cccc(C2(NC(=O)CN3CCCCCCC3=O)CC2)c1. The molecule has 2 amide bonds. The van der Waals surface area contributed by atoms with Crippen molar-refractivity contribution in [2.45, 2.75) is 50.5 Å². The highest BCUT2D eigenvalue weighted by Gasteiger charge is 2.46. The number of carbonyl (C=O) groups excluding carboxylic acids is 2. The van der Waals surface area contributed by atoms with Gasteiger partial charge in [-0.3, -0.25) is 9.59 Å². The molecule has 1 aromatic rings. The zero-order valence-electron chi connectivity index (χ0n) is 14.3. The summed E-state index contributed by atoms with van der Waals surface area (Å²) in [7, 11) is 1.64. The van der Waals surface area contributed by atoms with Crippen molar-refractivity contribution >= 4 is 11.8 Å². The van der Waals surface area contributed by atoms with Crippen LogP contribution in [0.15, 0.2) is 24.3 Å². The number of carbonyl (C=O) groups is 2. The maximum absolute atomic E-state index is 12.5. The third kappa shape index (κ3) is 3.89. The van der Waals surface area contributed by atoms with Crippen LogP contribution in [0.1, 0.15) is 50.5 Å². The number of amides is 2. The van der Waals surface area contributed by atoms with E-state index in [1.54, 1.807) is 12.0 Å². The van der Waals surface area contributed by atoms with E-state index >= 15 is 0 Å². The van der Waals surface area contributed by atoms with Crippen LogP contribution in [0, 0.1) is 0 Å². The van der Waals surface area contributed by atoms with Gasteiger partial charge in [0.2, 0.25) is 11.8 Å². The fraction of sp³-hybridized carbons (Fsp3) is 0.579. The number of hydrogen-bond donors (Lipinski definition) is 1. The van der Waals surface area contributed by atoms with Gasteiger partial charge in [-0.1, -0.05) is 25.0 Å². The Hall–Kier alpha value is -2.04. The number of nitrogens with zero attached hydrogens (tertiary/aromatic N) is 1. The quantitative estimate of drug-likeness (QED) is 0.903. The largest absolute Gasteiger partial charge is 0.497 e. The summed E-state index contributed by atoms with van der Waals surface area (Å²) in [6.45, 7) is 0.864. The van der Waals surface area contributed by atoms with Crippen molar-refractivity contribution in [2.75, 3.05) is 20.2 Å². The standard InChI is InChI=1S/C19H26N2O3/c1-24-16-8-6-7-15(13-16)19(10-11-19)20-17(22)14-21-12-5-3-2-4-9-18(21)23/h6-8,13H,2-5,9-12,14H2,1H3,(H,20,22). The fourth-order valence-corrected chi connectivity index (χ4v) is 3.39. The van der Waals surface area contributed by atoms with E-state index in [1.165, 1.54) is 0 Å². The summed E-state index contributed by atoms with van der Waals surface area (Å²) in [6, 6.07) is 7.86. The second-order valence-electron chi connectivity index (χ2n) is 6.84. The topological polar surface area (TPSA) is 58.6 Å². The Balaban J connectivity index is 1.62. The Bertz CT molecular complexity index is 610. The number of ether oxygens (including phenoxy) is 1. The fourth-order valence-electron chi connectivity index (χ4n) is 3.39. The van der Waals surface area contributed by atoms with Crippen molar-refractivity contribution in [1.82, 2.24) is 10.2 Å². The van der Waals surface area contributed by atoms with Crippen LogP contribution in [0.25, 0.3) is 0 Å². The molecule has 130 valence electrons. The zero-order valence-corrected chi connectivity index (χ0v) is 14.3. The molecule has 0 aromatic heterocycles. The molecule has 0 bridgehead atoms. The molecule has 2 fully saturated rings. The van der Waals surface area contributed by atoms with Crippen LogP contribution in [0.2, 0.25) is 0 Å². The predicted octanol–water partition coefficient (Wildman–Crippen LogP) is 2.59. The van der Waals surface area contributed by atoms with E-state index in [9.17, 15) is 9.59 Å². The van der Waals surface area contributed by atoms with E-state index in [0.717, 1.165) is 49.8 Å². The molecule has 1 N–H and O–H groups in total. The first kappa shape index (κ1) is 16.8. The minimum Gasteiger partial charge on any atom is -0.497 e. The lowest BCUT2D eigenvalue weighted by atomic mass is 10.0. The van der Waals surface area contributed by atoms with E-state index in [0.29, 0.717) is 13.0 Å². The van der Waals surface area contributed by atoms with E-state index in [2.05, 4.69) is 5.32 Å². The van der Waals surface area contributed by atoms with Crippen LogP contribution in [-0.2, 0) is 15.1 Å². The van der Waals surface area contributed by atoms with Gasteiger partial charge in [-0.15, -0.1) is 0 Å². The zero-order chi connectivity index (χ0) is 17.0. The predicted molar refractivity (Wildman–Crippen MR) is 91.7 cm³/mol. The molecule has 3 rings (SSSR count). The van der Waals surface area contributed by atoms with Gasteiger partial charge in [-0.2, -0.15) is 0 Å². The van der Waals surface area contributed by atoms with Crippen molar-refractivity contribution in [3.63, 3.8) is 0 Å². The maximum atomic E-state index is 12.5. The Labute approximate surface area is 143 Å². The van der Waals surface area contributed by atoms with Crippen molar-refractivity contribution in [3.05, 3.63) is 29.8 Å². The molecule has 5 heteroatoms. The van der Waals surface area contributed by atoms with Gasteiger partial charge in [0.05, 0.1) is 19.2 Å².